The van der Waals surface area contributed by atoms with Crippen LogP contribution < -0.4 is 32.1 Å². The molecule has 0 unspecified atom stereocenters. The number of carbonyl (C=O) groups is 1. The number of nitrogens with two attached hydrogens (primary N) is 1. The lowest BCUT2D eigenvalue weighted by Gasteiger charge is -2.32. The maximum absolute atomic E-state index is 13.0. The van der Waals surface area contributed by atoms with E-state index < -0.39 is 0 Å². The number of hydrogen-bond donors (Lipinski definition) is 4. The zero-order valence-electron chi connectivity index (χ0n) is 24.0. The first-order chi connectivity index (χ1) is 20.0. The van der Waals surface area contributed by atoms with Crippen LogP contribution in [0.5, 0.6) is 11.5 Å². The van der Waals surface area contributed by atoms with Crippen LogP contribution in [0.3, 0.4) is 0 Å². The first-order valence-electron chi connectivity index (χ1n) is 14.8. The Morgan fingerprint density at radius 3 is 2.73 bits per heavy atom. The fraction of sp³-hybridized carbons (Fsp3) is 0.586. The molecule has 1 aliphatic carbocycles. The van der Waals surface area contributed by atoms with Gasteiger partial charge in [0.05, 0.1) is 18.2 Å². The third-order valence-electron chi connectivity index (χ3n) is 8.26. The highest BCUT2D eigenvalue weighted by Gasteiger charge is 2.26. The van der Waals surface area contributed by atoms with E-state index in [1.165, 1.54) is 6.34 Å². The molecule has 2 aliphatic heterocycles. The Hall–Kier alpha value is -3.48. The third-order valence-corrected chi connectivity index (χ3v) is 8.26. The molecule has 1 saturated heterocycles. The normalized spacial score (nSPS) is 21.1. The largest absolute Gasteiger partial charge is 0.450 e. The molecule has 5 rings (SSSR count). The van der Waals surface area contributed by atoms with Gasteiger partial charge in [0, 0.05) is 56.9 Å². The van der Waals surface area contributed by atoms with Gasteiger partial charge in [0.25, 0.3) is 5.91 Å². The smallest absolute Gasteiger partial charge is 0.350 e. The predicted molar refractivity (Wildman–Crippen MR) is 161 cm³/mol. The van der Waals surface area contributed by atoms with Gasteiger partial charge in [0.15, 0.2) is 17.3 Å². The maximum atomic E-state index is 13.0. The average Bonchev–Trinajstić information content (AvgIpc) is 2.99. The van der Waals surface area contributed by atoms with Gasteiger partial charge in [0.1, 0.15) is 0 Å². The quantitative estimate of drug-likeness (QED) is 0.156. The monoisotopic (exact) mass is 565 g/mol. The van der Waals surface area contributed by atoms with E-state index in [0.717, 1.165) is 84.3 Å². The number of likely N-dealkylation sites (N-methyl/N-ethyl adjacent to an activating group) is 1. The molecule has 41 heavy (non-hydrogen) atoms. The van der Waals surface area contributed by atoms with E-state index in [1.807, 2.05) is 0 Å². The van der Waals surface area contributed by atoms with Gasteiger partial charge in [-0.25, -0.2) is 4.79 Å². The van der Waals surface area contributed by atoms with E-state index in [0.29, 0.717) is 41.2 Å². The number of benzene rings is 1. The highest BCUT2D eigenvalue weighted by molar-refractivity contribution is 5.96. The number of nitrogens with zero attached hydrogens (tertiary/aromatic N) is 5. The molecule has 1 amide bonds. The van der Waals surface area contributed by atoms with Crippen molar-refractivity contribution in [3.05, 3.63) is 40.4 Å². The molecule has 2 fully saturated rings. The van der Waals surface area contributed by atoms with E-state index in [2.05, 4.69) is 42.8 Å². The topological polar surface area (TPSA) is 142 Å². The zero-order valence-corrected chi connectivity index (χ0v) is 24.0. The summed E-state index contributed by atoms with van der Waals surface area (Å²) >= 11 is 0. The second-order valence-electron chi connectivity index (χ2n) is 11.2. The molecule has 12 nitrogen and oxygen atoms in total. The van der Waals surface area contributed by atoms with Crippen LogP contribution in [0.1, 0.15) is 54.9 Å². The second-order valence-corrected chi connectivity index (χ2v) is 11.2. The minimum atomic E-state index is -0.298. The van der Waals surface area contributed by atoms with Gasteiger partial charge in [-0.1, -0.05) is 0 Å². The summed E-state index contributed by atoms with van der Waals surface area (Å²) < 4.78 is 7.83. The van der Waals surface area contributed by atoms with E-state index >= 15 is 0 Å². The van der Waals surface area contributed by atoms with Gasteiger partial charge >= 0.3 is 5.69 Å². The molecule has 0 spiro atoms. The van der Waals surface area contributed by atoms with Crippen molar-refractivity contribution in [1.29, 1.82) is 0 Å². The second kappa shape index (κ2) is 13.9. The van der Waals surface area contributed by atoms with Gasteiger partial charge < -0.3 is 36.2 Å². The number of aliphatic imine (C=N–C) groups is 1. The average molecular weight is 566 g/mol. The summed E-state index contributed by atoms with van der Waals surface area (Å²) in [4.78, 5) is 38.8. The number of amides is 1. The summed E-state index contributed by atoms with van der Waals surface area (Å²) in [5.41, 5.74) is 6.14. The molecule has 1 saturated carbocycles. The van der Waals surface area contributed by atoms with Gasteiger partial charge in [0.2, 0.25) is 0 Å². The van der Waals surface area contributed by atoms with Crippen LogP contribution in [0.4, 0.5) is 11.5 Å². The Labute approximate surface area is 241 Å². The van der Waals surface area contributed by atoms with E-state index in [4.69, 9.17) is 10.5 Å². The Kier molecular flexibility index (Phi) is 9.86. The summed E-state index contributed by atoms with van der Waals surface area (Å²) in [7, 11) is 2.15. The highest BCUT2D eigenvalue weighted by Crippen LogP contribution is 2.41. The fourth-order valence-corrected chi connectivity index (χ4v) is 5.77. The number of piperazine rings is 1. The lowest BCUT2D eigenvalue weighted by Crippen LogP contribution is -2.45. The van der Waals surface area contributed by atoms with Crippen LogP contribution in [0.2, 0.25) is 0 Å². The number of carbonyl (C=O) groups excluding carboxylic acids is 1. The first-order valence-corrected chi connectivity index (χ1v) is 14.8. The first kappa shape index (κ1) is 29.0. The van der Waals surface area contributed by atoms with Crippen LogP contribution >= 0.6 is 0 Å². The molecule has 3 aliphatic rings. The Balaban J connectivity index is 1.12. The van der Waals surface area contributed by atoms with E-state index in [-0.39, 0.29) is 17.6 Å². The number of rotatable bonds is 11. The standard InChI is InChI=1S/C29H43N9O3/c1-36-14-16-37(17-15-36)13-3-12-33-28(39)21-4-9-25-24(18-21)34-27-26(41-25)19-38(29(40)35-27)23-7-5-22(6-8-23)32-11-2-10-31-20-30/h4,9,18-20,22-23,32H,2-3,5-8,10-17H2,1H3,(H2,30,31)(H,33,39)(H,34,35,40). The number of hydrogen-bond acceptors (Lipinski definition) is 9. The lowest BCUT2D eigenvalue weighted by atomic mass is 9.91. The van der Waals surface area contributed by atoms with Crippen molar-refractivity contribution >= 4 is 23.8 Å². The number of nitrogens with one attached hydrogen (secondary N) is 3. The summed E-state index contributed by atoms with van der Waals surface area (Å²) in [5.74, 6) is 1.36. The summed E-state index contributed by atoms with van der Waals surface area (Å²) in [6.07, 6.45) is 8.78. The zero-order chi connectivity index (χ0) is 28.6. The molecule has 2 aromatic rings. The summed E-state index contributed by atoms with van der Waals surface area (Å²) in [6.45, 7) is 7.59. The predicted octanol–water partition coefficient (Wildman–Crippen LogP) is 1.91. The van der Waals surface area contributed by atoms with Gasteiger partial charge in [-0.05, 0) is 76.9 Å². The van der Waals surface area contributed by atoms with Crippen molar-refractivity contribution in [1.82, 2.24) is 30.0 Å². The Morgan fingerprint density at radius 2 is 1.95 bits per heavy atom. The Morgan fingerprint density at radius 1 is 1.15 bits per heavy atom. The molecule has 12 heteroatoms. The van der Waals surface area contributed by atoms with E-state index in [1.54, 1.807) is 29.0 Å². The van der Waals surface area contributed by atoms with Gasteiger partial charge in [-0.2, -0.15) is 4.98 Å². The van der Waals surface area contributed by atoms with Crippen LogP contribution in [0, 0.1) is 0 Å². The van der Waals surface area contributed by atoms with Crippen molar-refractivity contribution in [2.45, 2.75) is 50.6 Å². The highest BCUT2D eigenvalue weighted by atomic mass is 16.5. The van der Waals surface area contributed by atoms with Crippen LogP contribution in [0.25, 0.3) is 0 Å². The minimum absolute atomic E-state index is 0.0903. The number of fused-ring (bicyclic) bond motifs is 2. The van der Waals surface area contributed by atoms with Crippen molar-refractivity contribution < 1.29 is 9.53 Å². The number of anilines is 2. The number of aromatic nitrogens is 2. The third kappa shape index (κ3) is 7.63. The van der Waals surface area contributed by atoms with Gasteiger partial charge in [-0.15, -0.1) is 0 Å². The number of ether oxygens (including phenoxy) is 1. The van der Waals surface area contributed by atoms with Crippen LogP contribution in [-0.4, -0.2) is 97.0 Å². The van der Waals surface area contributed by atoms with Crippen LogP contribution in [-0.2, 0) is 0 Å². The summed E-state index contributed by atoms with van der Waals surface area (Å²) in [5, 5.41) is 9.80. The molecule has 5 N–H and O–H groups in total. The molecule has 1 aromatic carbocycles. The molecule has 0 bridgehead atoms. The van der Waals surface area contributed by atoms with Crippen molar-refractivity contribution in [2.24, 2.45) is 10.7 Å². The Bertz CT molecular complexity index is 1260. The van der Waals surface area contributed by atoms with E-state index in [9.17, 15) is 9.59 Å². The molecule has 3 heterocycles. The molecule has 0 radical (unpaired) electrons. The molecular weight excluding hydrogens is 522 g/mol. The van der Waals surface area contributed by atoms with Crippen molar-refractivity contribution in [3.63, 3.8) is 0 Å². The molecule has 222 valence electrons. The SMILES string of the molecule is CN1CCN(CCCNC(=O)c2ccc3c(c2)Nc2nc(=O)n(C4CCC(NCCCN=CN)CC4)cc2O3)CC1. The molecular formula is C29H43N9O3. The van der Waals surface area contributed by atoms with Crippen molar-refractivity contribution in [3.8, 4) is 11.5 Å². The fourth-order valence-electron chi connectivity index (χ4n) is 5.77. The minimum Gasteiger partial charge on any atom is -0.450 e. The maximum Gasteiger partial charge on any atom is 0.350 e. The lowest BCUT2D eigenvalue weighted by molar-refractivity contribution is 0.0949. The summed E-state index contributed by atoms with van der Waals surface area (Å²) in [6, 6.07) is 5.84. The molecule has 1 aromatic heterocycles. The van der Waals surface area contributed by atoms with Crippen LogP contribution in [0.15, 0.2) is 34.2 Å². The van der Waals surface area contributed by atoms with Gasteiger partial charge in [-0.3, -0.25) is 14.4 Å². The molecule has 0 atom stereocenters. The van der Waals surface area contributed by atoms with Crippen molar-refractivity contribution in [2.75, 3.05) is 64.7 Å².